The van der Waals surface area contributed by atoms with E-state index >= 15 is 0 Å². The fourth-order valence-corrected chi connectivity index (χ4v) is 3.76. The minimum Gasteiger partial charge on any atom is -0.336 e. The van der Waals surface area contributed by atoms with Gasteiger partial charge in [0.2, 0.25) is 0 Å². The van der Waals surface area contributed by atoms with E-state index in [4.69, 9.17) is 0 Å². The maximum Gasteiger partial charge on any atom is 0.255 e. The van der Waals surface area contributed by atoms with Crippen LogP contribution in [0, 0.1) is 19.7 Å². The lowest BCUT2D eigenvalue weighted by molar-refractivity contribution is 0.0628. The second-order valence-corrected chi connectivity index (χ2v) is 7.11. The molecule has 0 bridgehead atoms. The molecular formula is C18H21FN2OS. The van der Waals surface area contributed by atoms with Crippen molar-refractivity contribution in [1.29, 1.82) is 0 Å². The predicted octanol–water partition coefficient (Wildman–Crippen LogP) is 3.46. The van der Waals surface area contributed by atoms with Gasteiger partial charge in [0.25, 0.3) is 5.91 Å². The summed E-state index contributed by atoms with van der Waals surface area (Å²) in [7, 11) is 0. The van der Waals surface area contributed by atoms with Gasteiger partial charge >= 0.3 is 0 Å². The van der Waals surface area contributed by atoms with Crippen LogP contribution in [0.1, 0.15) is 26.4 Å². The van der Waals surface area contributed by atoms with Crippen LogP contribution in [-0.4, -0.2) is 41.9 Å². The van der Waals surface area contributed by atoms with Crippen molar-refractivity contribution in [2.45, 2.75) is 20.4 Å². The van der Waals surface area contributed by atoms with Crippen LogP contribution in [0.5, 0.6) is 0 Å². The molecule has 122 valence electrons. The van der Waals surface area contributed by atoms with E-state index in [1.165, 1.54) is 10.9 Å². The van der Waals surface area contributed by atoms with Crippen molar-refractivity contribution in [3.05, 3.63) is 57.0 Å². The van der Waals surface area contributed by atoms with Crippen LogP contribution in [0.4, 0.5) is 4.39 Å². The third kappa shape index (κ3) is 3.62. The van der Waals surface area contributed by atoms with E-state index in [0.29, 0.717) is 0 Å². The highest BCUT2D eigenvalue weighted by atomic mass is 32.1. The summed E-state index contributed by atoms with van der Waals surface area (Å²) in [6.45, 7) is 7.89. The number of piperazine rings is 1. The Morgan fingerprint density at radius 3 is 2.57 bits per heavy atom. The van der Waals surface area contributed by atoms with Gasteiger partial charge in [0.15, 0.2) is 0 Å². The Morgan fingerprint density at radius 1 is 1.22 bits per heavy atom. The van der Waals surface area contributed by atoms with E-state index in [-0.39, 0.29) is 11.7 Å². The van der Waals surface area contributed by atoms with Gasteiger partial charge in [-0.25, -0.2) is 4.39 Å². The predicted molar refractivity (Wildman–Crippen MR) is 91.4 cm³/mol. The summed E-state index contributed by atoms with van der Waals surface area (Å²) in [6, 6.07) is 6.73. The minimum atomic E-state index is -0.195. The summed E-state index contributed by atoms with van der Waals surface area (Å²) in [4.78, 5) is 18.0. The van der Waals surface area contributed by atoms with E-state index in [2.05, 4.69) is 4.90 Å². The highest BCUT2D eigenvalue weighted by Crippen LogP contribution is 2.22. The van der Waals surface area contributed by atoms with Crippen LogP contribution in [-0.2, 0) is 6.54 Å². The number of amides is 1. The summed E-state index contributed by atoms with van der Waals surface area (Å²) in [6.07, 6.45) is 0. The molecule has 23 heavy (non-hydrogen) atoms. The molecule has 0 aliphatic carbocycles. The number of carbonyl (C=O) groups is 1. The van der Waals surface area contributed by atoms with Crippen LogP contribution >= 0.6 is 11.3 Å². The Balaban J connectivity index is 1.58. The molecule has 1 saturated heterocycles. The van der Waals surface area contributed by atoms with Crippen molar-refractivity contribution in [1.82, 2.24) is 9.80 Å². The number of halogens is 1. The van der Waals surface area contributed by atoms with E-state index in [9.17, 15) is 9.18 Å². The Kier molecular flexibility index (Phi) is 4.78. The molecule has 0 radical (unpaired) electrons. The Hall–Kier alpha value is -1.72. The van der Waals surface area contributed by atoms with E-state index in [1.807, 2.05) is 30.2 Å². The molecule has 0 saturated carbocycles. The molecule has 2 heterocycles. The highest BCUT2D eigenvalue weighted by Gasteiger charge is 2.24. The summed E-state index contributed by atoms with van der Waals surface area (Å²) in [5, 5.41) is 1.96. The molecule has 3 rings (SSSR count). The first-order valence-corrected chi connectivity index (χ1v) is 8.73. The number of aryl methyl sites for hydroxylation is 1. The number of hydrogen-bond donors (Lipinski definition) is 0. The average molecular weight is 332 g/mol. The van der Waals surface area contributed by atoms with Crippen molar-refractivity contribution in [2.75, 3.05) is 26.2 Å². The number of benzene rings is 1. The quantitative estimate of drug-likeness (QED) is 0.859. The van der Waals surface area contributed by atoms with Gasteiger partial charge in [-0.15, -0.1) is 11.3 Å². The second kappa shape index (κ2) is 6.81. The third-order valence-corrected chi connectivity index (χ3v) is 5.48. The average Bonchev–Trinajstić information content (AvgIpc) is 2.87. The molecular weight excluding hydrogens is 311 g/mol. The monoisotopic (exact) mass is 332 g/mol. The van der Waals surface area contributed by atoms with Crippen LogP contribution in [0.25, 0.3) is 0 Å². The molecule has 1 fully saturated rings. The zero-order chi connectivity index (χ0) is 16.4. The standard InChI is InChI=1S/C18H21FN2OS/c1-13-14(2)23-12-17(13)18(22)21-8-6-20(7-9-21)11-15-4-3-5-16(19)10-15/h3-5,10,12H,6-9,11H2,1-2H3. The molecule has 5 heteroatoms. The molecule has 1 amide bonds. The summed E-state index contributed by atoms with van der Waals surface area (Å²) < 4.78 is 13.2. The first-order valence-electron chi connectivity index (χ1n) is 7.85. The van der Waals surface area contributed by atoms with Crippen LogP contribution < -0.4 is 0 Å². The lowest BCUT2D eigenvalue weighted by Crippen LogP contribution is -2.48. The minimum absolute atomic E-state index is 0.136. The second-order valence-electron chi connectivity index (χ2n) is 6.03. The number of nitrogens with zero attached hydrogens (tertiary/aromatic N) is 2. The Labute approximate surface area is 140 Å². The first kappa shape index (κ1) is 16.1. The summed E-state index contributed by atoms with van der Waals surface area (Å²) >= 11 is 1.63. The van der Waals surface area contributed by atoms with E-state index in [1.54, 1.807) is 23.5 Å². The third-order valence-electron chi connectivity index (χ3n) is 4.47. The van der Waals surface area contributed by atoms with Crippen molar-refractivity contribution in [3.63, 3.8) is 0 Å². The molecule has 1 aromatic heterocycles. The van der Waals surface area contributed by atoms with Gasteiger partial charge in [0.05, 0.1) is 5.56 Å². The first-order chi connectivity index (χ1) is 11.0. The van der Waals surface area contributed by atoms with Crippen molar-refractivity contribution in [2.24, 2.45) is 0 Å². The number of hydrogen-bond acceptors (Lipinski definition) is 3. The van der Waals surface area contributed by atoms with Gasteiger partial charge in [0, 0.05) is 43.0 Å². The van der Waals surface area contributed by atoms with E-state index < -0.39 is 0 Å². The van der Waals surface area contributed by atoms with Gasteiger partial charge in [-0.05, 0) is 37.1 Å². The molecule has 1 aliphatic rings. The van der Waals surface area contributed by atoms with Crippen LogP contribution in [0.3, 0.4) is 0 Å². The molecule has 1 aliphatic heterocycles. The zero-order valence-electron chi connectivity index (χ0n) is 13.5. The van der Waals surface area contributed by atoms with Gasteiger partial charge in [-0.1, -0.05) is 12.1 Å². The largest absolute Gasteiger partial charge is 0.336 e. The number of rotatable bonds is 3. The Morgan fingerprint density at radius 2 is 1.96 bits per heavy atom. The zero-order valence-corrected chi connectivity index (χ0v) is 14.3. The van der Waals surface area contributed by atoms with Crippen molar-refractivity contribution < 1.29 is 9.18 Å². The molecule has 1 aromatic carbocycles. The molecule has 3 nitrogen and oxygen atoms in total. The van der Waals surface area contributed by atoms with Crippen molar-refractivity contribution in [3.8, 4) is 0 Å². The topological polar surface area (TPSA) is 23.6 Å². The van der Waals surface area contributed by atoms with Crippen molar-refractivity contribution >= 4 is 17.2 Å². The maximum absolute atomic E-state index is 13.2. The lowest BCUT2D eigenvalue weighted by atomic mass is 10.1. The molecule has 2 aromatic rings. The van der Waals surface area contributed by atoms with Gasteiger partial charge in [-0.2, -0.15) is 0 Å². The molecule has 0 spiro atoms. The van der Waals surface area contributed by atoms with Gasteiger partial charge < -0.3 is 4.90 Å². The molecule has 0 N–H and O–H groups in total. The normalized spacial score (nSPS) is 15.9. The smallest absolute Gasteiger partial charge is 0.255 e. The van der Waals surface area contributed by atoms with Gasteiger partial charge in [-0.3, -0.25) is 9.69 Å². The number of carbonyl (C=O) groups excluding carboxylic acids is 1. The lowest BCUT2D eigenvalue weighted by Gasteiger charge is -2.34. The highest BCUT2D eigenvalue weighted by molar-refractivity contribution is 7.10. The number of thiophene rings is 1. The SMILES string of the molecule is Cc1scc(C(=O)N2CCN(Cc3cccc(F)c3)CC2)c1C. The van der Waals surface area contributed by atoms with Crippen LogP contribution in [0.15, 0.2) is 29.6 Å². The van der Waals surface area contributed by atoms with Crippen LogP contribution in [0.2, 0.25) is 0 Å². The van der Waals surface area contributed by atoms with Gasteiger partial charge in [0.1, 0.15) is 5.82 Å². The summed E-state index contributed by atoms with van der Waals surface area (Å²) in [5.74, 6) is -0.0585. The maximum atomic E-state index is 13.2. The molecule has 0 unspecified atom stereocenters. The fourth-order valence-electron chi connectivity index (χ4n) is 2.90. The summed E-state index contributed by atoms with van der Waals surface area (Å²) in [5.41, 5.74) is 2.92. The molecule has 0 atom stereocenters. The van der Waals surface area contributed by atoms with E-state index in [0.717, 1.165) is 49.4 Å². The fraction of sp³-hybridized carbons (Fsp3) is 0.389. The Bertz CT molecular complexity index is 705.